The molecule has 2 atom stereocenters. The second kappa shape index (κ2) is 10.1. The van der Waals surface area contributed by atoms with Crippen LogP contribution in [0.1, 0.15) is 38.7 Å². The fourth-order valence-corrected chi connectivity index (χ4v) is 5.11. The van der Waals surface area contributed by atoms with E-state index in [0.29, 0.717) is 27.6 Å². The molecule has 192 valence electrons. The standard InChI is InChI=1S/C24H26BrF3N6O2/c1-4-29-10-13-6-5-9-23(13,2)34-21-31-12-16(24(26,27)28)19(33-21)15-11-30-20-14(15)7-8-17(18(20)25)32-22(35)36-3/h7-8,10-13,30H,4-6,9H2,1-3H3,(H,32,35)(H,31,33,34)/b29-10-/t13?,23-/m0/s1. The van der Waals surface area contributed by atoms with E-state index in [1.54, 1.807) is 12.1 Å². The molecule has 0 saturated heterocycles. The Balaban J connectivity index is 1.77. The Kier molecular flexibility index (Phi) is 7.26. The zero-order valence-electron chi connectivity index (χ0n) is 20.0. The predicted octanol–water partition coefficient (Wildman–Crippen LogP) is 6.65. The molecule has 12 heteroatoms. The van der Waals surface area contributed by atoms with E-state index < -0.39 is 23.4 Å². The van der Waals surface area contributed by atoms with Crippen molar-refractivity contribution in [2.24, 2.45) is 10.9 Å². The molecule has 36 heavy (non-hydrogen) atoms. The van der Waals surface area contributed by atoms with Crippen molar-refractivity contribution >= 4 is 50.8 Å². The van der Waals surface area contributed by atoms with E-state index in [-0.39, 0.29) is 23.1 Å². The minimum absolute atomic E-state index is 0.120. The van der Waals surface area contributed by atoms with E-state index in [0.717, 1.165) is 25.5 Å². The lowest BCUT2D eigenvalue weighted by atomic mass is 9.90. The molecule has 8 nitrogen and oxygen atoms in total. The Morgan fingerprint density at radius 2 is 2.19 bits per heavy atom. The largest absolute Gasteiger partial charge is 0.453 e. The van der Waals surface area contributed by atoms with Gasteiger partial charge in [-0.1, -0.05) is 12.5 Å². The number of methoxy groups -OCH3 is 1. The van der Waals surface area contributed by atoms with E-state index in [4.69, 9.17) is 0 Å². The van der Waals surface area contributed by atoms with Crippen LogP contribution in [0.2, 0.25) is 0 Å². The van der Waals surface area contributed by atoms with E-state index in [1.807, 2.05) is 20.1 Å². The molecule has 1 unspecified atom stereocenters. The van der Waals surface area contributed by atoms with Gasteiger partial charge < -0.3 is 15.0 Å². The monoisotopic (exact) mass is 566 g/mol. The number of aromatic nitrogens is 3. The summed E-state index contributed by atoms with van der Waals surface area (Å²) in [7, 11) is 1.23. The number of fused-ring (bicyclic) bond motifs is 1. The number of carbonyl (C=O) groups is 1. The van der Waals surface area contributed by atoms with Crippen LogP contribution in [0.25, 0.3) is 22.2 Å². The first-order chi connectivity index (χ1) is 17.1. The number of anilines is 2. The molecular weight excluding hydrogens is 541 g/mol. The third-order valence-corrected chi connectivity index (χ3v) is 7.28. The van der Waals surface area contributed by atoms with Crippen LogP contribution in [-0.4, -0.2) is 46.5 Å². The van der Waals surface area contributed by atoms with Gasteiger partial charge in [-0.2, -0.15) is 13.2 Å². The number of rotatable bonds is 6. The third kappa shape index (κ3) is 5.04. The van der Waals surface area contributed by atoms with Gasteiger partial charge in [-0.25, -0.2) is 14.8 Å². The van der Waals surface area contributed by atoms with Gasteiger partial charge in [0.25, 0.3) is 0 Å². The van der Waals surface area contributed by atoms with E-state index >= 15 is 0 Å². The average molecular weight is 567 g/mol. The maximum Gasteiger partial charge on any atom is 0.419 e. The molecule has 3 aromatic rings. The first-order valence-electron chi connectivity index (χ1n) is 11.4. The van der Waals surface area contributed by atoms with Crippen molar-refractivity contribution in [1.82, 2.24) is 15.0 Å². The highest BCUT2D eigenvalue weighted by Crippen LogP contribution is 2.42. The number of nitrogens with one attached hydrogen (secondary N) is 3. The van der Waals surface area contributed by atoms with Crippen LogP contribution in [0.4, 0.5) is 29.6 Å². The van der Waals surface area contributed by atoms with Crippen molar-refractivity contribution in [3.63, 3.8) is 0 Å². The third-order valence-electron chi connectivity index (χ3n) is 6.46. The zero-order valence-corrected chi connectivity index (χ0v) is 21.5. The maximum absolute atomic E-state index is 14.0. The van der Waals surface area contributed by atoms with Crippen LogP contribution in [0, 0.1) is 5.92 Å². The summed E-state index contributed by atoms with van der Waals surface area (Å²) in [6.07, 6.45) is 1.59. The summed E-state index contributed by atoms with van der Waals surface area (Å²) in [6.45, 7) is 4.64. The molecule has 0 spiro atoms. The van der Waals surface area contributed by atoms with Gasteiger partial charge in [0.1, 0.15) is 5.56 Å². The van der Waals surface area contributed by atoms with Crippen molar-refractivity contribution in [3.05, 3.63) is 34.6 Å². The summed E-state index contributed by atoms with van der Waals surface area (Å²) in [5.41, 5.74) is -0.451. The molecule has 3 N–H and O–H groups in total. The molecule has 4 rings (SSSR count). The zero-order chi connectivity index (χ0) is 26.1. The molecule has 1 saturated carbocycles. The van der Waals surface area contributed by atoms with Crippen molar-refractivity contribution in [1.29, 1.82) is 0 Å². The summed E-state index contributed by atoms with van der Waals surface area (Å²) in [5, 5.41) is 6.34. The number of H-pyrrole nitrogens is 1. The highest BCUT2D eigenvalue weighted by molar-refractivity contribution is 9.10. The Bertz CT molecular complexity index is 1310. The van der Waals surface area contributed by atoms with Gasteiger partial charge in [0, 0.05) is 47.6 Å². The second-order valence-electron chi connectivity index (χ2n) is 8.81. The SMILES string of the molecule is CC/N=C\C1CCC[C@]1(C)Nc1ncc(C(F)(F)F)c(-c2c[nH]c3c(Br)c(NC(=O)OC)ccc23)n1. The summed E-state index contributed by atoms with van der Waals surface area (Å²) in [4.78, 5) is 27.4. The molecule has 0 aliphatic heterocycles. The quantitative estimate of drug-likeness (QED) is 0.290. The van der Waals surface area contributed by atoms with Gasteiger partial charge in [0.15, 0.2) is 0 Å². The number of ether oxygens (including phenoxy) is 1. The number of aromatic amines is 1. The minimum atomic E-state index is -4.66. The number of halogens is 4. The van der Waals surface area contributed by atoms with Crippen molar-refractivity contribution in [2.75, 3.05) is 24.3 Å². The number of aliphatic imine (C=N–C) groups is 1. The number of alkyl halides is 3. The van der Waals surface area contributed by atoms with Crippen LogP contribution in [0.5, 0.6) is 0 Å². The predicted molar refractivity (Wildman–Crippen MR) is 136 cm³/mol. The molecule has 0 radical (unpaired) electrons. The Morgan fingerprint density at radius 3 is 2.89 bits per heavy atom. The van der Waals surface area contributed by atoms with Crippen molar-refractivity contribution < 1.29 is 22.7 Å². The maximum atomic E-state index is 14.0. The number of amides is 1. The van der Waals surface area contributed by atoms with Gasteiger partial charge >= 0.3 is 12.3 Å². The topological polar surface area (TPSA) is 104 Å². The summed E-state index contributed by atoms with van der Waals surface area (Å²) < 4.78 is 47.0. The number of benzene rings is 1. The lowest BCUT2D eigenvalue weighted by Crippen LogP contribution is -2.40. The summed E-state index contributed by atoms with van der Waals surface area (Å²) in [5.74, 6) is 0.242. The number of hydrogen-bond donors (Lipinski definition) is 3. The van der Waals surface area contributed by atoms with E-state index in [1.165, 1.54) is 13.3 Å². The van der Waals surface area contributed by atoms with Crippen LogP contribution in [-0.2, 0) is 10.9 Å². The highest BCUT2D eigenvalue weighted by Gasteiger charge is 2.40. The summed E-state index contributed by atoms with van der Waals surface area (Å²) >= 11 is 3.41. The van der Waals surface area contributed by atoms with E-state index in [2.05, 4.69) is 51.2 Å². The minimum Gasteiger partial charge on any atom is -0.453 e. The number of hydrogen-bond acceptors (Lipinski definition) is 6. The first-order valence-corrected chi connectivity index (χ1v) is 12.2. The Hall–Kier alpha value is -3.15. The summed E-state index contributed by atoms with van der Waals surface area (Å²) in [6, 6.07) is 3.19. The van der Waals surface area contributed by atoms with Crippen LogP contribution >= 0.6 is 15.9 Å². The molecule has 1 aromatic carbocycles. The second-order valence-corrected chi connectivity index (χ2v) is 9.60. The van der Waals surface area contributed by atoms with E-state index in [9.17, 15) is 18.0 Å². The van der Waals surface area contributed by atoms with Crippen LogP contribution in [0.15, 0.2) is 34.0 Å². The van der Waals surface area contributed by atoms with Crippen molar-refractivity contribution in [3.8, 4) is 11.3 Å². The van der Waals surface area contributed by atoms with Gasteiger partial charge in [-0.3, -0.25) is 10.3 Å². The molecule has 1 amide bonds. The van der Waals surface area contributed by atoms with Gasteiger partial charge in [0.05, 0.1) is 28.5 Å². The fraction of sp³-hybridized carbons (Fsp3) is 0.417. The van der Waals surface area contributed by atoms with Gasteiger partial charge in [-0.05, 0) is 48.7 Å². The highest BCUT2D eigenvalue weighted by atomic mass is 79.9. The number of carbonyl (C=O) groups excluding carboxylic acids is 1. The Morgan fingerprint density at radius 1 is 1.42 bits per heavy atom. The molecule has 2 heterocycles. The molecule has 2 aromatic heterocycles. The molecule has 1 aliphatic rings. The van der Waals surface area contributed by atoms with Crippen LogP contribution < -0.4 is 10.6 Å². The lowest BCUT2D eigenvalue weighted by molar-refractivity contribution is -0.137. The normalized spacial score (nSPS) is 20.2. The first kappa shape index (κ1) is 25.9. The molecule has 0 bridgehead atoms. The molecular formula is C24H26BrF3N6O2. The average Bonchev–Trinajstić information content (AvgIpc) is 3.42. The van der Waals surface area contributed by atoms with Gasteiger partial charge in [0.2, 0.25) is 5.95 Å². The molecule has 1 fully saturated rings. The van der Waals surface area contributed by atoms with Crippen LogP contribution in [0.3, 0.4) is 0 Å². The lowest BCUT2D eigenvalue weighted by Gasteiger charge is -2.31. The van der Waals surface area contributed by atoms with Gasteiger partial charge in [-0.15, -0.1) is 0 Å². The molecule has 1 aliphatic carbocycles. The van der Waals surface area contributed by atoms with Crippen molar-refractivity contribution in [2.45, 2.75) is 44.8 Å². The smallest absolute Gasteiger partial charge is 0.419 e. The number of nitrogens with zero attached hydrogens (tertiary/aromatic N) is 3. The fourth-order valence-electron chi connectivity index (χ4n) is 4.55. The Labute approximate surface area is 214 Å².